The lowest BCUT2D eigenvalue weighted by Crippen LogP contribution is -2.30. The highest BCUT2D eigenvalue weighted by molar-refractivity contribution is 7.80. The summed E-state index contributed by atoms with van der Waals surface area (Å²) in [7, 11) is 0. The van der Waals surface area contributed by atoms with Crippen molar-refractivity contribution in [1.82, 2.24) is 19.8 Å². The van der Waals surface area contributed by atoms with E-state index >= 15 is 0 Å². The van der Waals surface area contributed by atoms with Gasteiger partial charge in [-0.1, -0.05) is 55.7 Å². The van der Waals surface area contributed by atoms with Gasteiger partial charge in [-0.3, -0.25) is 4.98 Å². The van der Waals surface area contributed by atoms with Crippen LogP contribution in [0.3, 0.4) is 0 Å². The van der Waals surface area contributed by atoms with E-state index in [0.29, 0.717) is 6.04 Å². The molecule has 1 saturated heterocycles. The Morgan fingerprint density at radius 2 is 1.73 bits per heavy atom. The van der Waals surface area contributed by atoms with Gasteiger partial charge in [0.2, 0.25) is 0 Å². The molecule has 0 radical (unpaired) electrons. The van der Waals surface area contributed by atoms with Crippen molar-refractivity contribution in [1.29, 1.82) is 0 Å². The summed E-state index contributed by atoms with van der Waals surface area (Å²) in [6.07, 6.45) is 10.7. The first kappa shape index (κ1) is 19.3. The smallest absolute Gasteiger partial charge is 0.170 e. The molecule has 2 fully saturated rings. The number of benzene rings is 1. The number of rotatable bonds is 5. The van der Waals surface area contributed by atoms with Crippen LogP contribution >= 0.6 is 12.2 Å². The molecule has 30 heavy (non-hydrogen) atoms. The van der Waals surface area contributed by atoms with E-state index in [9.17, 15) is 0 Å². The van der Waals surface area contributed by atoms with Gasteiger partial charge >= 0.3 is 0 Å². The van der Waals surface area contributed by atoms with Crippen molar-refractivity contribution < 1.29 is 0 Å². The summed E-state index contributed by atoms with van der Waals surface area (Å²) in [4.78, 5) is 7.03. The first-order valence-electron chi connectivity index (χ1n) is 11.0. The Kier molecular flexibility index (Phi) is 5.54. The van der Waals surface area contributed by atoms with Crippen LogP contribution in [-0.4, -0.2) is 19.6 Å². The van der Waals surface area contributed by atoms with E-state index in [0.717, 1.165) is 17.4 Å². The lowest BCUT2D eigenvalue weighted by atomic mass is 9.94. The van der Waals surface area contributed by atoms with E-state index in [1.165, 1.54) is 43.4 Å². The van der Waals surface area contributed by atoms with Crippen LogP contribution in [0.2, 0.25) is 0 Å². The molecule has 0 bridgehead atoms. The molecule has 2 aromatic heterocycles. The second kappa shape index (κ2) is 8.60. The molecule has 2 atom stereocenters. The van der Waals surface area contributed by atoms with E-state index in [1.807, 2.05) is 12.3 Å². The van der Waals surface area contributed by atoms with E-state index in [2.05, 4.69) is 80.6 Å². The predicted octanol–water partition coefficient (Wildman–Crippen LogP) is 5.56. The minimum atomic E-state index is 0.0413. The maximum Gasteiger partial charge on any atom is 0.170 e. The van der Waals surface area contributed by atoms with Crippen LogP contribution < -0.4 is 5.32 Å². The standard InChI is InChI=1S/C25H28N4S/c30-25-27-23(21-14-7-8-16-26-21)24(29(25)18-19-10-3-1-4-11-19)22-15-9-17-28(22)20-12-5-2-6-13-20/h1,3-4,7-11,14-17,20,23-24H,2,5-6,12-13,18H2,(H,27,30)/t23-,24+/m0/s1. The topological polar surface area (TPSA) is 33.1 Å². The molecule has 0 spiro atoms. The van der Waals surface area contributed by atoms with Gasteiger partial charge in [-0.15, -0.1) is 0 Å². The Bertz CT molecular complexity index is 979. The monoisotopic (exact) mass is 416 g/mol. The lowest BCUT2D eigenvalue weighted by Gasteiger charge is -2.32. The number of aromatic nitrogens is 2. The van der Waals surface area contributed by atoms with Gasteiger partial charge in [-0.2, -0.15) is 0 Å². The molecule has 5 heteroatoms. The SMILES string of the molecule is S=C1N[C@@H](c2ccccn2)[C@@H](c2cccn2C2CCCCC2)N1Cc1ccccc1. The second-order valence-corrected chi connectivity index (χ2v) is 8.76. The fourth-order valence-corrected chi connectivity index (χ4v) is 5.33. The van der Waals surface area contributed by atoms with Gasteiger partial charge in [-0.25, -0.2) is 0 Å². The number of hydrogen-bond donors (Lipinski definition) is 1. The van der Waals surface area contributed by atoms with Crippen molar-refractivity contribution >= 4 is 17.3 Å². The summed E-state index contributed by atoms with van der Waals surface area (Å²) in [6, 6.07) is 22.0. The van der Waals surface area contributed by atoms with Gasteiger partial charge in [0.25, 0.3) is 0 Å². The molecular weight excluding hydrogens is 388 g/mol. The van der Waals surface area contributed by atoms with Crippen LogP contribution in [0.4, 0.5) is 0 Å². The van der Waals surface area contributed by atoms with E-state index < -0.39 is 0 Å². The second-order valence-electron chi connectivity index (χ2n) is 8.37. The van der Waals surface area contributed by atoms with Crippen molar-refractivity contribution in [3.63, 3.8) is 0 Å². The first-order chi connectivity index (χ1) is 14.8. The maximum absolute atomic E-state index is 5.85. The highest BCUT2D eigenvalue weighted by atomic mass is 32.1. The average molecular weight is 417 g/mol. The van der Waals surface area contributed by atoms with Gasteiger partial charge in [0, 0.05) is 30.7 Å². The first-order valence-corrected chi connectivity index (χ1v) is 11.4. The van der Waals surface area contributed by atoms with Crippen molar-refractivity contribution in [3.05, 3.63) is 90.0 Å². The third-order valence-corrected chi connectivity index (χ3v) is 6.83. The average Bonchev–Trinajstić information content (AvgIpc) is 3.40. The number of hydrogen-bond acceptors (Lipinski definition) is 2. The Hall–Kier alpha value is -2.66. The van der Waals surface area contributed by atoms with Crippen molar-refractivity contribution in [2.24, 2.45) is 0 Å². The molecule has 1 aliphatic heterocycles. The summed E-state index contributed by atoms with van der Waals surface area (Å²) < 4.78 is 2.52. The van der Waals surface area contributed by atoms with Crippen LogP contribution in [0.5, 0.6) is 0 Å². The summed E-state index contributed by atoms with van der Waals surface area (Å²) in [6.45, 7) is 0.788. The molecule has 4 nitrogen and oxygen atoms in total. The molecule has 1 N–H and O–H groups in total. The minimum Gasteiger partial charge on any atom is -0.352 e. The van der Waals surface area contributed by atoms with Crippen LogP contribution in [0.1, 0.15) is 67.2 Å². The van der Waals surface area contributed by atoms with E-state index in [4.69, 9.17) is 12.2 Å². The predicted molar refractivity (Wildman–Crippen MR) is 124 cm³/mol. The fourth-order valence-electron chi connectivity index (χ4n) is 5.03. The van der Waals surface area contributed by atoms with Crippen molar-refractivity contribution in [3.8, 4) is 0 Å². The normalized spacial score (nSPS) is 22.3. The third kappa shape index (κ3) is 3.74. The summed E-state index contributed by atoms with van der Waals surface area (Å²) in [5.41, 5.74) is 3.64. The van der Waals surface area contributed by atoms with Crippen LogP contribution in [0.15, 0.2) is 73.1 Å². The number of nitrogens with one attached hydrogen (secondary N) is 1. The van der Waals surface area contributed by atoms with Crippen molar-refractivity contribution in [2.75, 3.05) is 0 Å². The molecule has 3 heterocycles. The highest BCUT2D eigenvalue weighted by Crippen LogP contribution is 2.41. The molecular formula is C25H28N4S. The largest absolute Gasteiger partial charge is 0.352 e. The zero-order valence-corrected chi connectivity index (χ0v) is 18.0. The molecule has 0 unspecified atom stereocenters. The molecule has 5 rings (SSSR count). The van der Waals surface area contributed by atoms with Gasteiger partial charge in [-0.05, 0) is 54.9 Å². The van der Waals surface area contributed by atoms with E-state index in [-0.39, 0.29) is 12.1 Å². The molecule has 2 aliphatic rings. The number of pyridine rings is 1. The third-order valence-electron chi connectivity index (χ3n) is 6.48. The molecule has 154 valence electrons. The molecule has 1 aromatic carbocycles. The maximum atomic E-state index is 5.85. The van der Waals surface area contributed by atoms with Gasteiger partial charge in [0.05, 0.1) is 17.8 Å². The lowest BCUT2D eigenvalue weighted by molar-refractivity contribution is 0.275. The van der Waals surface area contributed by atoms with Gasteiger partial charge in [0.1, 0.15) is 0 Å². The van der Waals surface area contributed by atoms with Crippen LogP contribution in [0, 0.1) is 0 Å². The van der Waals surface area contributed by atoms with E-state index in [1.54, 1.807) is 0 Å². The zero-order valence-electron chi connectivity index (χ0n) is 17.2. The molecule has 1 saturated carbocycles. The van der Waals surface area contributed by atoms with Crippen LogP contribution in [-0.2, 0) is 6.54 Å². The Morgan fingerprint density at radius 3 is 2.50 bits per heavy atom. The van der Waals surface area contributed by atoms with Crippen LogP contribution in [0.25, 0.3) is 0 Å². The molecule has 1 aliphatic carbocycles. The number of thiocarbonyl (C=S) groups is 1. The Labute approximate surface area is 183 Å². The highest BCUT2D eigenvalue weighted by Gasteiger charge is 2.41. The van der Waals surface area contributed by atoms with Crippen molar-refractivity contribution in [2.45, 2.75) is 56.8 Å². The molecule has 3 aromatic rings. The Balaban J connectivity index is 1.54. The fraction of sp³-hybridized carbons (Fsp3) is 0.360. The summed E-state index contributed by atoms with van der Waals surface area (Å²) in [5.74, 6) is 0. The Morgan fingerprint density at radius 1 is 0.933 bits per heavy atom. The summed E-state index contributed by atoms with van der Waals surface area (Å²) in [5, 5.41) is 4.39. The summed E-state index contributed by atoms with van der Waals surface area (Å²) >= 11 is 5.85. The zero-order chi connectivity index (χ0) is 20.3. The molecule has 0 amide bonds. The van der Waals surface area contributed by atoms with Gasteiger partial charge < -0.3 is 14.8 Å². The quantitative estimate of drug-likeness (QED) is 0.552. The van der Waals surface area contributed by atoms with Gasteiger partial charge in [0.15, 0.2) is 5.11 Å². The number of nitrogens with zero attached hydrogens (tertiary/aromatic N) is 3. The minimum absolute atomic E-state index is 0.0413.